The van der Waals surface area contributed by atoms with Crippen molar-refractivity contribution in [2.24, 2.45) is 11.1 Å². The monoisotopic (exact) mass is 469 g/mol. The molecule has 8 nitrogen and oxygen atoms in total. The van der Waals surface area contributed by atoms with Crippen molar-refractivity contribution in [3.8, 4) is 23.1 Å². The number of primary sulfonamides is 1. The quantitative estimate of drug-likeness (QED) is 0.371. The molecular weight excluding hydrogens is 446 g/mol. The molecule has 1 aromatic heterocycles. The molecule has 0 fully saturated rings. The molecule has 0 aliphatic rings. The molecule has 1 heterocycles. The maximum Gasteiger partial charge on any atom is 0.238 e. The second-order valence-corrected chi connectivity index (χ2v) is 9.87. The van der Waals surface area contributed by atoms with Crippen molar-refractivity contribution < 1.29 is 13.2 Å². The molecular formula is C22H23N5O3S2. The summed E-state index contributed by atoms with van der Waals surface area (Å²) in [4.78, 5) is 9.19. The molecule has 3 aromatic rings. The molecule has 166 valence electrons. The molecule has 0 bridgehead atoms. The molecule has 0 radical (unpaired) electrons. The van der Waals surface area contributed by atoms with Crippen LogP contribution in [0, 0.1) is 17.2 Å². The number of nitrogens with two attached hydrogens (primary N) is 1. The van der Waals surface area contributed by atoms with Crippen molar-refractivity contribution in [2.45, 2.75) is 23.9 Å². The lowest BCUT2D eigenvalue weighted by molar-refractivity contribution is 0.415. The highest BCUT2D eigenvalue weighted by Gasteiger charge is 2.18. The van der Waals surface area contributed by atoms with Gasteiger partial charge in [-0.3, -0.25) is 0 Å². The zero-order valence-electron chi connectivity index (χ0n) is 17.9. The Balaban J connectivity index is 2.06. The molecule has 32 heavy (non-hydrogen) atoms. The van der Waals surface area contributed by atoms with Gasteiger partial charge in [-0.2, -0.15) is 5.26 Å². The number of ether oxygens (including phenoxy) is 1. The molecule has 0 aliphatic heterocycles. The van der Waals surface area contributed by atoms with Gasteiger partial charge in [0.05, 0.1) is 17.7 Å². The lowest BCUT2D eigenvalue weighted by Gasteiger charge is -2.14. The summed E-state index contributed by atoms with van der Waals surface area (Å²) in [5.74, 6) is 2.29. The number of aromatic nitrogens is 2. The average molecular weight is 470 g/mol. The van der Waals surface area contributed by atoms with Crippen LogP contribution in [-0.2, 0) is 10.0 Å². The summed E-state index contributed by atoms with van der Waals surface area (Å²) >= 11 is 1.50. The number of sulfonamides is 1. The largest absolute Gasteiger partial charge is 0.497 e. The zero-order chi connectivity index (χ0) is 23.3. The summed E-state index contributed by atoms with van der Waals surface area (Å²) in [6.07, 6.45) is 0. The molecule has 0 saturated carbocycles. The maximum absolute atomic E-state index is 11.5. The van der Waals surface area contributed by atoms with Crippen molar-refractivity contribution in [1.82, 2.24) is 9.97 Å². The number of nitrogens with zero attached hydrogens (tertiary/aromatic N) is 3. The molecule has 0 spiro atoms. The van der Waals surface area contributed by atoms with Gasteiger partial charge in [0, 0.05) is 17.0 Å². The van der Waals surface area contributed by atoms with Crippen LogP contribution in [0.25, 0.3) is 11.3 Å². The standard InChI is InChI=1S/C22H23N5O3S2/c1-14(2)13-31-22-26-20(15-4-8-17(30-3)9-5-15)19(12-23)21(27-22)25-16-6-10-18(11-7-16)32(24,28)29/h4-11,14H,13H2,1-3H3,(H2,24,28,29)(H,25,26,27). The molecule has 3 N–H and O–H groups in total. The first-order valence-corrected chi connectivity index (χ1v) is 12.2. The van der Waals surface area contributed by atoms with Gasteiger partial charge in [-0.25, -0.2) is 23.5 Å². The topological polar surface area (TPSA) is 131 Å². The number of nitriles is 1. The number of methoxy groups -OCH3 is 1. The minimum atomic E-state index is -3.80. The van der Waals surface area contributed by atoms with E-state index in [2.05, 4.69) is 35.2 Å². The predicted octanol–water partition coefficient (Wildman–Crippen LogP) is 4.16. The number of thioether (sulfide) groups is 1. The van der Waals surface area contributed by atoms with Gasteiger partial charge in [0.15, 0.2) is 11.0 Å². The second-order valence-electron chi connectivity index (χ2n) is 7.32. The fourth-order valence-corrected chi connectivity index (χ4v) is 4.07. The van der Waals surface area contributed by atoms with E-state index in [9.17, 15) is 13.7 Å². The lowest BCUT2D eigenvalue weighted by Crippen LogP contribution is -2.12. The Bertz CT molecular complexity index is 1240. The highest BCUT2D eigenvalue weighted by atomic mass is 32.2. The summed E-state index contributed by atoms with van der Waals surface area (Å²) < 4.78 is 28.2. The number of nitrogens with one attached hydrogen (secondary N) is 1. The molecule has 0 saturated heterocycles. The van der Waals surface area contributed by atoms with Gasteiger partial charge in [0.2, 0.25) is 10.0 Å². The Morgan fingerprint density at radius 3 is 2.31 bits per heavy atom. The third-order valence-corrected chi connectivity index (χ3v) is 6.56. The van der Waals surface area contributed by atoms with Crippen LogP contribution in [0.5, 0.6) is 5.75 Å². The van der Waals surface area contributed by atoms with E-state index in [-0.39, 0.29) is 10.5 Å². The zero-order valence-corrected chi connectivity index (χ0v) is 19.5. The summed E-state index contributed by atoms with van der Waals surface area (Å²) in [7, 11) is -2.21. The van der Waals surface area contributed by atoms with Gasteiger partial charge in [0.25, 0.3) is 0 Å². The number of hydrogen-bond donors (Lipinski definition) is 2. The molecule has 2 aromatic carbocycles. The predicted molar refractivity (Wildman–Crippen MR) is 125 cm³/mol. The molecule has 0 aliphatic carbocycles. The third-order valence-electron chi connectivity index (χ3n) is 4.36. The molecule has 0 amide bonds. The van der Waals surface area contributed by atoms with E-state index < -0.39 is 10.0 Å². The van der Waals surface area contributed by atoms with E-state index in [4.69, 9.17) is 9.88 Å². The minimum Gasteiger partial charge on any atom is -0.497 e. The first-order chi connectivity index (χ1) is 15.2. The van der Waals surface area contributed by atoms with E-state index in [0.29, 0.717) is 34.0 Å². The fraction of sp³-hybridized carbons (Fsp3) is 0.227. The molecule has 10 heteroatoms. The maximum atomic E-state index is 11.5. The lowest BCUT2D eigenvalue weighted by atomic mass is 10.1. The number of rotatable bonds is 8. The molecule has 0 atom stereocenters. The highest BCUT2D eigenvalue weighted by Crippen LogP contribution is 2.32. The Labute approximate surface area is 191 Å². The first-order valence-electron chi connectivity index (χ1n) is 9.70. The summed E-state index contributed by atoms with van der Waals surface area (Å²) in [5.41, 5.74) is 2.09. The van der Waals surface area contributed by atoms with Crippen molar-refractivity contribution >= 4 is 33.3 Å². The smallest absolute Gasteiger partial charge is 0.238 e. The van der Waals surface area contributed by atoms with Crippen molar-refractivity contribution in [2.75, 3.05) is 18.2 Å². The van der Waals surface area contributed by atoms with Crippen LogP contribution < -0.4 is 15.2 Å². The van der Waals surface area contributed by atoms with Crippen molar-refractivity contribution in [3.05, 3.63) is 54.1 Å². The van der Waals surface area contributed by atoms with Crippen LogP contribution in [0.3, 0.4) is 0 Å². The number of hydrogen-bond acceptors (Lipinski definition) is 8. The Morgan fingerprint density at radius 1 is 1.12 bits per heavy atom. The fourth-order valence-electron chi connectivity index (χ4n) is 2.76. The minimum absolute atomic E-state index is 0.00153. The second kappa shape index (κ2) is 9.99. The summed E-state index contributed by atoms with van der Waals surface area (Å²) in [5, 5.41) is 18.7. The van der Waals surface area contributed by atoms with Gasteiger partial charge in [-0.05, 0) is 54.4 Å². The third kappa shape index (κ3) is 5.76. The van der Waals surface area contributed by atoms with E-state index in [1.165, 1.54) is 23.9 Å². The van der Waals surface area contributed by atoms with Crippen LogP contribution in [0.1, 0.15) is 19.4 Å². The summed E-state index contributed by atoms with van der Waals surface area (Å²) in [6.45, 7) is 4.21. The number of anilines is 2. The normalized spacial score (nSPS) is 11.2. The van der Waals surface area contributed by atoms with Crippen LogP contribution in [0.15, 0.2) is 58.6 Å². The van der Waals surface area contributed by atoms with Gasteiger partial charge in [-0.15, -0.1) is 0 Å². The van der Waals surface area contributed by atoms with Gasteiger partial charge >= 0.3 is 0 Å². The van der Waals surface area contributed by atoms with Crippen LogP contribution >= 0.6 is 11.8 Å². The van der Waals surface area contributed by atoms with Crippen LogP contribution in [0.4, 0.5) is 11.5 Å². The first kappa shape index (κ1) is 23.5. The Morgan fingerprint density at radius 2 is 1.78 bits per heavy atom. The Kier molecular flexibility index (Phi) is 7.35. The SMILES string of the molecule is COc1ccc(-c2nc(SCC(C)C)nc(Nc3ccc(S(N)(=O)=O)cc3)c2C#N)cc1. The number of benzene rings is 2. The van der Waals surface area contributed by atoms with Crippen LogP contribution in [-0.4, -0.2) is 31.2 Å². The van der Waals surface area contributed by atoms with Crippen LogP contribution in [0.2, 0.25) is 0 Å². The van der Waals surface area contributed by atoms with Gasteiger partial charge in [-0.1, -0.05) is 25.6 Å². The average Bonchev–Trinajstić information content (AvgIpc) is 2.77. The van der Waals surface area contributed by atoms with Gasteiger partial charge < -0.3 is 10.1 Å². The van der Waals surface area contributed by atoms with Gasteiger partial charge in [0.1, 0.15) is 17.4 Å². The van der Waals surface area contributed by atoms with E-state index in [1.807, 2.05) is 12.1 Å². The highest BCUT2D eigenvalue weighted by molar-refractivity contribution is 7.99. The van der Waals surface area contributed by atoms with Crippen molar-refractivity contribution in [3.63, 3.8) is 0 Å². The van der Waals surface area contributed by atoms with E-state index in [0.717, 1.165) is 11.3 Å². The van der Waals surface area contributed by atoms with E-state index >= 15 is 0 Å². The molecule has 0 unspecified atom stereocenters. The molecule has 3 rings (SSSR count). The summed E-state index contributed by atoms with van der Waals surface area (Å²) in [6, 6.07) is 15.4. The van der Waals surface area contributed by atoms with E-state index in [1.54, 1.807) is 31.4 Å². The Hall–Kier alpha value is -3.13. The van der Waals surface area contributed by atoms with Crippen molar-refractivity contribution in [1.29, 1.82) is 5.26 Å².